The van der Waals surface area contributed by atoms with Crippen LogP contribution < -0.4 is 15.5 Å². The number of fused-ring (bicyclic) bond motifs is 1. The fourth-order valence-corrected chi connectivity index (χ4v) is 5.28. The van der Waals surface area contributed by atoms with Gasteiger partial charge in [0.2, 0.25) is 5.95 Å². The van der Waals surface area contributed by atoms with E-state index >= 15 is 0 Å². The molecule has 0 atom stereocenters. The first-order chi connectivity index (χ1) is 19.9. The molecule has 2 N–H and O–H groups in total. The quantitative estimate of drug-likeness (QED) is 0.250. The minimum atomic E-state index is -0.140. The molecule has 7 heteroatoms. The maximum absolute atomic E-state index is 12.9. The molecule has 0 unspecified atom stereocenters. The number of para-hydroxylation sites is 1. The second kappa shape index (κ2) is 11.4. The molecule has 1 aliphatic rings. The van der Waals surface area contributed by atoms with Gasteiger partial charge in [-0.05, 0) is 74.5 Å². The summed E-state index contributed by atoms with van der Waals surface area (Å²) in [7, 11) is 2.17. The molecule has 0 saturated carbocycles. The van der Waals surface area contributed by atoms with E-state index in [1.54, 1.807) is 0 Å². The van der Waals surface area contributed by atoms with Crippen LogP contribution in [0.25, 0.3) is 22.2 Å². The Bertz CT molecular complexity index is 1670. The van der Waals surface area contributed by atoms with Gasteiger partial charge in [0.25, 0.3) is 5.91 Å². The molecule has 0 spiro atoms. The fourth-order valence-electron chi connectivity index (χ4n) is 5.28. The van der Waals surface area contributed by atoms with E-state index in [9.17, 15) is 4.79 Å². The normalized spacial score (nSPS) is 13.8. The average molecular weight is 543 g/mol. The highest BCUT2D eigenvalue weighted by Crippen LogP contribution is 2.32. The minimum Gasteiger partial charge on any atom is -0.369 e. The number of likely N-dealkylation sites (N-methyl/N-ethyl adjacent to an activating group) is 1. The lowest BCUT2D eigenvalue weighted by atomic mass is 10.1. The summed E-state index contributed by atoms with van der Waals surface area (Å²) in [5.74, 6) is 0.370. The predicted molar refractivity (Wildman–Crippen MR) is 168 cm³/mol. The Morgan fingerprint density at radius 2 is 1.49 bits per heavy atom. The maximum Gasteiger partial charge on any atom is 0.255 e. The van der Waals surface area contributed by atoms with Crippen LogP contribution in [0.15, 0.2) is 91.0 Å². The van der Waals surface area contributed by atoms with E-state index in [1.807, 2.05) is 74.5 Å². The van der Waals surface area contributed by atoms with Crippen molar-refractivity contribution in [2.24, 2.45) is 0 Å². The monoisotopic (exact) mass is 542 g/mol. The summed E-state index contributed by atoms with van der Waals surface area (Å²) in [4.78, 5) is 27.5. The Kier molecular flexibility index (Phi) is 7.35. The summed E-state index contributed by atoms with van der Waals surface area (Å²) in [6.45, 7) is 8.10. The second-order valence-electron chi connectivity index (χ2n) is 10.7. The Hall–Kier alpha value is -4.75. The van der Waals surface area contributed by atoms with Gasteiger partial charge in [0.1, 0.15) is 0 Å². The van der Waals surface area contributed by atoms with Crippen molar-refractivity contribution in [3.63, 3.8) is 0 Å². The van der Waals surface area contributed by atoms with Crippen molar-refractivity contribution in [1.82, 2.24) is 14.9 Å². The van der Waals surface area contributed by atoms with Crippen LogP contribution in [0.1, 0.15) is 21.5 Å². The number of carbonyl (C=O) groups is 1. The van der Waals surface area contributed by atoms with E-state index in [-0.39, 0.29) is 5.91 Å². The first-order valence-electron chi connectivity index (χ1n) is 14.0. The highest BCUT2D eigenvalue weighted by molar-refractivity contribution is 6.05. The van der Waals surface area contributed by atoms with Crippen LogP contribution in [0.5, 0.6) is 0 Å². The number of amides is 1. The Morgan fingerprint density at radius 3 is 2.20 bits per heavy atom. The van der Waals surface area contributed by atoms with E-state index in [0.717, 1.165) is 70.8 Å². The van der Waals surface area contributed by atoms with E-state index in [2.05, 4.69) is 57.8 Å². The molecule has 1 aromatic heterocycles. The fraction of sp³-hybridized carbons (Fsp3) is 0.206. The van der Waals surface area contributed by atoms with Crippen molar-refractivity contribution in [1.29, 1.82) is 0 Å². The molecule has 7 nitrogen and oxygen atoms in total. The number of nitrogens with zero attached hydrogens (tertiary/aromatic N) is 4. The summed E-state index contributed by atoms with van der Waals surface area (Å²) in [5, 5.41) is 7.43. The zero-order chi connectivity index (χ0) is 28.3. The minimum absolute atomic E-state index is 0.140. The van der Waals surface area contributed by atoms with Crippen LogP contribution in [0, 0.1) is 13.8 Å². The molecule has 0 aliphatic carbocycles. The molecule has 6 rings (SSSR count). The standard InChI is InChI=1S/C34H34N6O/c1-23-8-7-9-24(2)31(23)37-33(41)26-12-14-27(15-13-26)35-34-36-30-17-16-28(40-20-18-39(3)19-21-40)22-29(30)32(38-34)25-10-5-4-6-11-25/h4-17,22H,18-21H2,1-3H3,(H,37,41)(H,35,36,38). The van der Waals surface area contributed by atoms with Crippen molar-refractivity contribution in [2.75, 3.05) is 48.8 Å². The third-order valence-corrected chi connectivity index (χ3v) is 7.72. The molecule has 1 saturated heterocycles. The third-order valence-electron chi connectivity index (χ3n) is 7.72. The van der Waals surface area contributed by atoms with E-state index in [0.29, 0.717) is 11.5 Å². The SMILES string of the molecule is Cc1cccc(C)c1NC(=O)c1ccc(Nc2nc(-c3ccccc3)c3cc(N4CCN(C)CC4)ccc3n2)cc1. The lowest BCUT2D eigenvalue weighted by Gasteiger charge is -2.34. The van der Waals surface area contributed by atoms with Gasteiger partial charge in [-0.3, -0.25) is 4.79 Å². The van der Waals surface area contributed by atoms with Crippen molar-refractivity contribution in [3.8, 4) is 11.3 Å². The Morgan fingerprint density at radius 1 is 0.780 bits per heavy atom. The van der Waals surface area contributed by atoms with Crippen LogP contribution in [-0.4, -0.2) is 54.0 Å². The predicted octanol–water partition coefficient (Wildman–Crippen LogP) is 6.66. The van der Waals surface area contributed by atoms with Crippen LogP contribution >= 0.6 is 0 Å². The van der Waals surface area contributed by atoms with Gasteiger partial charge in [-0.1, -0.05) is 48.5 Å². The average Bonchev–Trinajstić information content (AvgIpc) is 2.99. The summed E-state index contributed by atoms with van der Waals surface area (Å²) in [5.41, 5.74) is 8.32. The highest BCUT2D eigenvalue weighted by atomic mass is 16.1. The number of carbonyl (C=O) groups excluding carboxylic acids is 1. The van der Waals surface area contributed by atoms with Gasteiger partial charge in [0, 0.05) is 59.8 Å². The number of hydrogen-bond acceptors (Lipinski definition) is 6. The molecular formula is C34H34N6O. The van der Waals surface area contributed by atoms with Crippen LogP contribution in [0.2, 0.25) is 0 Å². The van der Waals surface area contributed by atoms with Gasteiger partial charge in [-0.15, -0.1) is 0 Å². The topological polar surface area (TPSA) is 73.4 Å². The number of benzene rings is 4. The number of piperazine rings is 1. The molecule has 0 bridgehead atoms. The van der Waals surface area contributed by atoms with Gasteiger partial charge in [-0.25, -0.2) is 9.97 Å². The van der Waals surface area contributed by atoms with E-state index < -0.39 is 0 Å². The summed E-state index contributed by atoms with van der Waals surface area (Å²) in [6.07, 6.45) is 0. The van der Waals surface area contributed by atoms with Crippen molar-refractivity contribution in [3.05, 3.63) is 108 Å². The van der Waals surface area contributed by atoms with Crippen molar-refractivity contribution in [2.45, 2.75) is 13.8 Å². The molecule has 4 aromatic carbocycles. The molecule has 5 aromatic rings. The zero-order valence-corrected chi connectivity index (χ0v) is 23.7. The van der Waals surface area contributed by atoms with Gasteiger partial charge in [0.15, 0.2) is 0 Å². The molecule has 1 aliphatic heterocycles. The second-order valence-corrected chi connectivity index (χ2v) is 10.7. The smallest absolute Gasteiger partial charge is 0.255 e. The summed E-state index contributed by atoms with van der Waals surface area (Å²) >= 11 is 0. The van der Waals surface area contributed by atoms with Gasteiger partial charge < -0.3 is 20.4 Å². The molecule has 41 heavy (non-hydrogen) atoms. The van der Waals surface area contributed by atoms with Gasteiger partial charge in [-0.2, -0.15) is 0 Å². The van der Waals surface area contributed by atoms with E-state index in [1.165, 1.54) is 5.69 Å². The Labute approximate surface area is 240 Å². The zero-order valence-electron chi connectivity index (χ0n) is 23.7. The Balaban J connectivity index is 1.27. The lowest BCUT2D eigenvalue weighted by Crippen LogP contribution is -2.44. The van der Waals surface area contributed by atoms with Gasteiger partial charge in [0.05, 0.1) is 11.2 Å². The molecular weight excluding hydrogens is 508 g/mol. The number of anilines is 4. The van der Waals surface area contributed by atoms with Crippen molar-refractivity contribution < 1.29 is 4.79 Å². The number of aromatic nitrogens is 2. The largest absolute Gasteiger partial charge is 0.369 e. The molecule has 0 radical (unpaired) electrons. The molecule has 1 fully saturated rings. The van der Waals surface area contributed by atoms with Crippen LogP contribution in [-0.2, 0) is 0 Å². The third kappa shape index (κ3) is 5.76. The number of rotatable bonds is 6. The van der Waals surface area contributed by atoms with Crippen LogP contribution in [0.4, 0.5) is 23.0 Å². The molecule has 2 heterocycles. The van der Waals surface area contributed by atoms with Gasteiger partial charge >= 0.3 is 0 Å². The van der Waals surface area contributed by atoms with Crippen LogP contribution in [0.3, 0.4) is 0 Å². The molecule has 1 amide bonds. The first-order valence-corrected chi connectivity index (χ1v) is 14.0. The maximum atomic E-state index is 12.9. The molecule has 206 valence electrons. The van der Waals surface area contributed by atoms with E-state index in [4.69, 9.17) is 9.97 Å². The lowest BCUT2D eigenvalue weighted by molar-refractivity contribution is 0.102. The van der Waals surface area contributed by atoms with Crippen molar-refractivity contribution >= 4 is 39.8 Å². The highest BCUT2D eigenvalue weighted by Gasteiger charge is 2.17. The first kappa shape index (κ1) is 26.5. The number of nitrogens with one attached hydrogen (secondary N) is 2. The summed E-state index contributed by atoms with van der Waals surface area (Å²) in [6, 6.07) is 30.1. The summed E-state index contributed by atoms with van der Waals surface area (Å²) < 4.78 is 0. The number of aryl methyl sites for hydroxylation is 2. The number of hydrogen-bond donors (Lipinski definition) is 2.